The molecule has 0 aromatic rings. The van der Waals surface area contributed by atoms with Gasteiger partial charge in [0, 0.05) is 7.11 Å². The second-order valence-corrected chi connectivity index (χ2v) is 3.90. The first-order valence-electron chi connectivity index (χ1n) is 4.24. The zero-order valence-corrected chi connectivity index (χ0v) is 8.66. The smallest absolute Gasteiger partial charge is 0.309 e. The van der Waals surface area contributed by atoms with E-state index in [1.54, 1.807) is 20.8 Å². The Labute approximate surface area is 78.8 Å². The molecule has 0 bridgehead atoms. The van der Waals surface area contributed by atoms with E-state index in [0.717, 1.165) is 0 Å². The van der Waals surface area contributed by atoms with E-state index in [1.165, 1.54) is 7.11 Å². The summed E-state index contributed by atoms with van der Waals surface area (Å²) in [4.78, 5) is 11.1. The third-order valence-corrected chi connectivity index (χ3v) is 1.18. The highest BCUT2D eigenvalue weighted by atomic mass is 16.6. The largest absolute Gasteiger partial charge is 0.460 e. The lowest BCUT2D eigenvalue weighted by atomic mass is 10.2. The van der Waals surface area contributed by atoms with Crippen LogP contribution in [0.15, 0.2) is 0 Å². The number of ether oxygens (including phenoxy) is 2. The molecule has 0 saturated carbocycles. The van der Waals surface area contributed by atoms with Crippen molar-refractivity contribution in [1.29, 1.82) is 0 Å². The van der Waals surface area contributed by atoms with Crippen molar-refractivity contribution < 1.29 is 19.4 Å². The molecule has 0 fully saturated rings. The van der Waals surface area contributed by atoms with E-state index in [9.17, 15) is 9.90 Å². The zero-order chi connectivity index (χ0) is 10.5. The highest BCUT2D eigenvalue weighted by Gasteiger charge is 2.18. The summed E-state index contributed by atoms with van der Waals surface area (Å²) in [6.45, 7) is 5.51. The van der Waals surface area contributed by atoms with E-state index in [-0.39, 0.29) is 13.0 Å². The number of methoxy groups -OCH3 is 1. The van der Waals surface area contributed by atoms with Crippen molar-refractivity contribution in [1.82, 2.24) is 0 Å². The molecular weight excluding hydrogens is 172 g/mol. The minimum atomic E-state index is -0.778. The summed E-state index contributed by atoms with van der Waals surface area (Å²) in [6.07, 6.45) is -0.801. The van der Waals surface area contributed by atoms with E-state index >= 15 is 0 Å². The second kappa shape index (κ2) is 5.19. The SMILES string of the molecule is COCC(O)CC(=O)OC(C)(C)C. The molecule has 78 valence electrons. The predicted octanol–water partition coefficient (Wildman–Crippen LogP) is 0.725. The number of hydrogen-bond acceptors (Lipinski definition) is 4. The van der Waals surface area contributed by atoms with E-state index in [4.69, 9.17) is 4.74 Å². The van der Waals surface area contributed by atoms with Crippen LogP contribution in [0.4, 0.5) is 0 Å². The van der Waals surface area contributed by atoms with Crippen LogP contribution in [0.1, 0.15) is 27.2 Å². The third kappa shape index (κ3) is 7.74. The van der Waals surface area contributed by atoms with Crippen LogP contribution in [0.5, 0.6) is 0 Å². The molecule has 0 aliphatic carbocycles. The summed E-state index contributed by atoms with van der Waals surface area (Å²) >= 11 is 0. The normalized spacial score (nSPS) is 13.9. The van der Waals surface area contributed by atoms with Gasteiger partial charge in [-0.1, -0.05) is 0 Å². The topological polar surface area (TPSA) is 55.8 Å². The molecule has 0 rings (SSSR count). The Bertz CT molecular complexity index is 159. The van der Waals surface area contributed by atoms with Crippen LogP contribution in [-0.4, -0.2) is 36.5 Å². The van der Waals surface area contributed by atoms with Crippen LogP contribution in [0.25, 0.3) is 0 Å². The minimum Gasteiger partial charge on any atom is -0.460 e. The van der Waals surface area contributed by atoms with Crippen LogP contribution < -0.4 is 0 Å². The van der Waals surface area contributed by atoms with Crippen LogP contribution in [0.2, 0.25) is 0 Å². The molecule has 0 radical (unpaired) electrons. The van der Waals surface area contributed by atoms with Gasteiger partial charge in [-0.25, -0.2) is 0 Å². The number of aliphatic hydroxyl groups excluding tert-OH is 1. The molecule has 1 N–H and O–H groups in total. The monoisotopic (exact) mass is 190 g/mol. The summed E-state index contributed by atoms with van der Waals surface area (Å²) in [7, 11) is 1.47. The van der Waals surface area contributed by atoms with Crippen LogP contribution >= 0.6 is 0 Å². The van der Waals surface area contributed by atoms with Crippen molar-refractivity contribution in [3.8, 4) is 0 Å². The lowest BCUT2D eigenvalue weighted by molar-refractivity contribution is -0.157. The van der Waals surface area contributed by atoms with Gasteiger partial charge in [0.25, 0.3) is 0 Å². The van der Waals surface area contributed by atoms with Gasteiger partial charge < -0.3 is 14.6 Å². The Morgan fingerprint density at radius 1 is 1.46 bits per heavy atom. The summed E-state index contributed by atoms with van der Waals surface area (Å²) < 4.78 is 9.68. The number of rotatable bonds is 4. The highest BCUT2D eigenvalue weighted by Crippen LogP contribution is 2.09. The van der Waals surface area contributed by atoms with Crippen molar-refractivity contribution in [2.45, 2.75) is 38.9 Å². The molecule has 1 unspecified atom stereocenters. The number of aliphatic hydroxyl groups is 1. The molecule has 1 atom stereocenters. The molecule has 0 spiro atoms. The van der Waals surface area contributed by atoms with Gasteiger partial charge in [0.2, 0.25) is 0 Å². The van der Waals surface area contributed by atoms with Crippen LogP contribution in [0.3, 0.4) is 0 Å². The summed E-state index contributed by atoms with van der Waals surface area (Å²) in [5.74, 6) is -0.406. The van der Waals surface area contributed by atoms with Gasteiger partial charge in [-0.05, 0) is 20.8 Å². The maximum absolute atomic E-state index is 11.1. The van der Waals surface area contributed by atoms with Crippen LogP contribution in [-0.2, 0) is 14.3 Å². The first kappa shape index (κ1) is 12.4. The van der Waals surface area contributed by atoms with E-state index < -0.39 is 17.7 Å². The molecule has 0 aromatic carbocycles. The number of esters is 1. The molecule has 0 amide bonds. The second-order valence-electron chi connectivity index (χ2n) is 3.90. The number of carbonyl (C=O) groups is 1. The maximum Gasteiger partial charge on any atom is 0.309 e. The fourth-order valence-corrected chi connectivity index (χ4v) is 0.827. The fraction of sp³-hybridized carbons (Fsp3) is 0.889. The molecule has 0 heterocycles. The number of hydrogen-bond donors (Lipinski definition) is 1. The van der Waals surface area contributed by atoms with Crippen molar-refractivity contribution in [3.05, 3.63) is 0 Å². The lowest BCUT2D eigenvalue weighted by Crippen LogP contribution is -2.27. The number of carbonyl (C=O) groups excluding carboxylic acids is 1. The summed E-state index contributed by atoms with van der Waals surface area (Å²) in [5, 5.41) is 9.19. The first-order valence-corrected chi connectivity index (χ1v) is 4.24. The van der Waals surface area contributed by atoms with Gasteiger partial charge in [-0.2, -0.15) is 0 Å². The third-order valence-electron chi connectivity index (χ3n) is 1.18. The minimum absolute atomic E-state index is 0.0227. The van der Waals surface area contributed by atoms with Crippen molar-refractivity contribution in [2.24, 2.45) is 0 Å². The summed E-state index contributed by atoms with van der Waals surface area (Å²) in [6, 6.07) is 0. The average molecular weight is 190 g/mol. The molecule has 0 aliphatic rings. The maximum atomic E-state index is 11.1. The molecule has 4 heteroatoms. The quantitative estimate of drug-likeness (QED) is 0.664. The molecule has 0 aromatic heterocycles. The molecular formula is C9H18O4. The fourth-order valence-electron chi connectivity index (χ4n) is 0.827. The highest BCUT2D eigenvalue weighted by molar-refractivity contribution is 5.70. The van der Waals surface area contributed by atoms with E-state index in [1.807, 2.05) is 0 Å². The first-order chi connectivity index (χ1) is 5.85. The van der Waals surface area contributed by atoms with Gasteiger partial charge >= 0.3 is 5.97 Å². The van der Waals surface area contributed by atoms with Crippen LogP contribution in [0, 0.1) is 0 Å². The Morgan fingerprint density at radius 2 is 2.00 bits per heavy atom. The molecule has 0 aliphatic heterocycles. The molecule has 13 heavy (non-hydrogen) atoms. The lowest BCUT2D eigenvalue weighted by Gasteiger charge is -2.20. The van der Waals surface area contributed by atoms with Crippen molar-refractivity contribution >= 4 is 5.97 Å². The van der Waals surface area contributed by atoms with E-state index in [0.29, 0.717) is 0 Å². The average Bonchev–Trinajstić information content (AvgIpc) is 1.81. The van der Waals surface area contributed by atoms with E-state index in [2.05, 4.69) is 4.74 Å². The standard InChI is InChI=1S/C9H18O4/c1-9(2,3)13-8(11)5-7(10)6-12-4/h7,10H,5-6H2,1-4H3. The van der Waals surface area contributed by atoms with Gasteiger partial charge in [0.05, 0.1) is 19.1 Å². The Kier molecular flexibility index (Phi) is 4.95. The Balaban J connectivity index is 3.74. The Hall–Kier alpha value is -0.610. The molecule has 0 saturated heterocycles. The summed E-state index contributed by atoms with van der Waals surface area (Å²) in [5.41, 5.74) is -0.496. The van der Waals surface area contributed by atoms with Crippen molar-refractivity contribution in [3.63, 3.8) is 0 Å². The van der Waals surface area contributed by atoms with Gasteiger partial charge in [-0.3, -0.25) is 4.79 Å². The van der Waals surface area contributed by atoms with Gasteiger partial charge in [0.15, 0.2) is 0 Å². The zero-order valence-electron chi connectivity index (χ0n) is 8.66. The molecule has 4 nitrogen and oxygen atoms in total. The van der Waals surface area contributed by atoms with Gasteiger partial charge in [-0.15, -0.1) is 0 Å². The van der Waals surface area contributed by atoms with Gasteiger partial charge in [0.1, 0.15) is 5.60 Å². The predicted molar refractivity (Wildman–Crippen MR) is 48.3 cm³/mol. The Morgan fingerprint density at radius 3 is 2.38 bits per heavy atom. The van der Waals surface area contributed by atoms with Crippen molar-refractivity contribution in [2.75, 3.05) is 13.7 Å².